The molecule has 0 fully saturated rings. The average molecular weight is 476 g/mol. The van der Waals surface area contributed by atoms with Crippen molar-refractivity contribution in [3.63, 3.8) is 0 Å². The molecule has 0 aromatic heterocycles. The predicted molar refractivity (Wildman–Crippen MR) is 101 cm³/mol. The third-order valence-electron chi connectivity index (χ3n) is 3.80. The topological polar surface area (TPSA) is 87.7 Å². The van der Waals surface area contributed by atoms with E-state index in [0.717, 1.165) is 12.8 Å². The Hall–Kier alpha value is -1.54. The summed E-state index contributed by atoms with van der Waals surface area (Å²) >= 11 is 6.57. The second-order valence-electron chi connectivity index (χ2n) is 5.58. The maximum Gasteiger partial charge on any atom is 0.338 e. The molecule has 1 unspecified atom stereocenters. The largest absolute Gasteiger partial charge is 0.506 e. The van der Waals surface area contributed by atoms with E-state index in [1.807, 2.05) is 6.92 Å². The number of halogens is 2. The van der Waals surface area contributed by atoms with Crippen molar-refractivity contribution in [2.75, 3.05) is 6.61 Å². The van der Waals surface area contributed by atoms with Crippen LogP contribution in [-0.4, -0.2) is 23.7 Å². The summed E-state index contributed by atoms with van der Waals surface area (Å²) in [5.41, 5.74) is 1.62. The van der Waals surface area contributed by atoms with Gasteiger partial charge < -0.3 is 20.5 Å². The Bertz CT molecular complexity index is 696. The predicted octanol–water partition coefficient (Wildman–Crippen LogP) is 4.28. The van der Waals surface area contributed by atoms with Gasteiger partial charge in [-0.2, -0.15) is 0 Å². The second-order valence-corrected chi connectivity index (χ2v) is 7.29. The van der Waals surface area contributed by atoms with Crippen molar-refractivity contribution in [3.8, 4) is 5.75 Å². The quantitative estimate of drug-likeness (QED) is 0.536. The molecule has 0 radical (unpaired) electrons. The monoisotopic (exact) mass is 474 g/mol. The van der Waals surface area contributed by atoms with Crippen molar-refractivity contribution < 1.29 is 19.4 Å². The number of amides is 2. The molecule has 2 rings (SSSR count). The molecule has 0 aliphatic carbocycles. The zero-order valence-electron chi connectivity index (χ0n) is 14.0. The van der Waals surface area contributed by atoms with Gasteiger partial charge in [0.1, 0.15) is 5.75 Å². The third kappa shape index (κ3) is 4.55. The summed E-state index contributed by atoms with van der Waals surface area (Å²) in [4.78, 5) is 24.7. The number of phenolic OH excluding ortho intramolecular Hbond substituents is 1. The lowest BCUT2D eigenvalue weighted by Gasteiger charge is -2.29. The smallest absolute Gasteiger partial charge is 0.338 e. The summed E-state index contributed by atoms with van der Waals surface area (Å²) in [6.07, 6.45) is 2.35. The number of urea groups is 1. The molecular formula is C17H20Br2N2O4. The molecular weight excluding hydrogens is 456 g/mol. The molecule has 1 atom stereocenters. The Morgan fingerprint density at radius 1 is 1.28 bits per heavy atom. The number of carbonyl (C=O) groups excluding carboxylic acids is 2. The maximum absolute atomic E-state index is 12.6. The van der Waals surface area contributed by atoms with Crippen molar-refractivity contribution in [2.24, 2.45) is 0 Å². The molecule has 136 valence electrons. The first-order valence-electron chi connectivity index (χ1n) is 8.04. The fourth-order valence-corrected chi connectivity index (χ4v) is 3.84. The van der Waals surface area contributed by atoms with Crippen LogP contribution in [0.2, 0.25) is 0 Å². The van der Waals surface area contributed by atoms with Gasteiger partial charge in [0.15, 0.2) is 0 Å². The lowest BCUT2D eigenvalue weighted by molar-refractivity contribution is -0.139. The Morgan fingerprint density at radius 3 is 2.48 bits per heavy atom. The third-order valence-corrected chi connectivity index (χ3v) is 5.01. The number of phenols is 1. The van der Waals surface area contributed by atoms with E-state index in [1.165, 1.54) is 0 Å². The highest BCUT2D eigenvalue weighted by Crippen LogP contribution is 2.38. The van der Waals surface area contributed by atoms with E-state index in [1.54, 1.807) is 19.1 Å². The molecule has 0 saturated heterocycles. The van der Waals surface area contributed by atoms with Crippen LogP contribution in [0.3, 0.4) is 0 Å². The molecule has 0 saturated carbocycles. The van der Waals surface area contributed by atoms with Crippen LogP contribution in [0.15, 0.2) is 32.3 Å². The van der Waals surface area contributed by atoms with Crippen LogP contribution >= 0.6 is 31.9 Å². The van der Waals surface area contributed by atoms with Gasteiger partial charge >= 0.3 is 12.0 Å². The molecule has 1 aliphatic heterocycles. The standard InChI is InChI=1S/C17H20Br2N2O4/c1-3-5-6-12-13(16(23)25-4-2)14(21-17(24)20-12)9-7-10(18)15(22)11(19)8-9/h7-8,14,22H,3-6H2,1-2H3,(H2,20,21,24). The summed E-state index contributed by atoms with van der Waals surface area (Å²) in [5, 5.41) is 15.4. The minimum Gasteiger partial charge on any atom is -0.506 e. The minimum atomic E-state index is -0.659. The second kappa shape index (κ2) is 8.71. The molecule has 6 nitrogen and oxygen atoms in total. The number of allylic oxidation sites excluding steroid dienone is 1. The van der Waals surface area contributed by atoms with E-state index in [-0.39, 0.29) is 18.4 Å². The number of carbonyl (C=O) groups is 2. The van der Waals surface area contributed by atoms with Crippen LogP contribution in [0.5, 0.6) is 5.75 Å². The van der Waals surface area contributed by atoms with Gasteiger partial charge in [0.25, 0.3) is 0 Å². The Kier molecular flexibility index (Phi) is 6.89. The van der Waals surface area contributed by atoms with Gasteiger partial charge in [-0.25, -0.2) is 9.59 Å². The van der Waals surface area contributed by atoms with Gasteiger partial charge in [-0.1, -0.05) is 13.3 Å². The first kappa shape index (κ1) is 19.8. The van der Waals surface area contributed by atoms with Gasteiger partial charge in [0.05, 0.1) is 27.2 Å². The number of ether oxygens (including phenoxy) is 1. The number of hydrogen-bond acceptors (Lipinski definition) is 4. The van der Waals surface area contributed by atoms with Crippen molar-refractivity contribution in [2.45, 2.75) is 39.2 Å². The number of esters is 1. The molecule has 0 bridgehead atoms. The van der Waals surface area contributed by atoms with E-state index in [0.29, 0.717) is 32.2 Å². The van der Waals surface area contributed by atoms with Gasteiger partial charge in [0.2, 0.25) is 0 Å². The first-order chi connectivity index (χ1) is 11.9. The van der Waals surface area contributed by atoms with E-state index >= 15 is 0 Å². The summed E-state index contributed by atoms with van der Waals surface area (Å²) in [7, 11) is 0. The summed E-state index contributed by atoms with van der Waals surface area (Å²) in [5.74, 6) is -0.414. The Morgan fingerprint density at radius 2 is 1.92 bits per heavy atom. The minimum absolute atomic E-state index is 0.0527. The molecule has 3 N–H and O–H groups in total. The molecule has 8 heteroatoms. The lowest BCUT2D eigenvalue weighted by atomic mass is 9.93. The van der Waals surface area contributed by atoms with E-state index in [2.05, 4.69) is 42.5 Å². The molecule has 2 amide bonds. The maximum atomic E-state index is 12.6. The van der Waals surface area contributed by atoms with Crippen LogP contribution < -0.4 is 10.6 Å². The number of aromatic hydroxyl groups is 1. The highest BCUT2D eigenvalue weighted by molar-refractivity contribution is 9.11. The number of hydrogen-bond donors (Lipinski definition) is 3. The molecule has 1 aliphatic rings. The molecule has 1 aromatic rings. The summed E-state index contributed by atoms with van der Waals surface area (Å²) in [6.45, 7) is 4.02. The summed E-state index contributed by atoms with van der Waals surface area (Å²) < 4.78 is 6.12. The summed E-state index contributed by atoms with van der Waals surface area (Å²) in [6, 6.07) is 2.32. The van der Waals surface area contributed by atoms with E-state index in [4.69, 9.17) is 4.74 Å². The zero-order valence-corrected chi connectivity index (χ0v) is 17.2. The SMILES string of the molecule is CCCCC1=C(C(=O)OCC)C(c2cc(Br)c(O)c(Br)c2)NC(=O)N1. The van der Waals surface area contributed by atoms with Crippen molar-refractivity contribution in [1.82, 2.24) is 10.6 Å². The van der Waals surface area contributed by atoms with Gasteiger partial charge in [0, 0.05) is 5.70 Å². The molecule has 25 heavy (non-hydrogen) atoms. The highest BCUT2D eigenvalue weighted by atomic mass is 79.9. The highest BCUT2D eigenvalue weighted by Gasteiger charge is 2.34. The first-order valence-corrected chi connectivity index (χ1v) is 9.63. The van der Waals surface area contributed by atoms with Gasteiger partial charge in [-0.3, -0.25) is 0 Å². The van der Waals surface area contributed by atoms with Crippen LogP contribution in [0.25, 0.3) is 0 Å². The van der Waals surface area contributed by atoms with Gasteiger partial charge in [-0.05, 0) is 69.3 Å². The van der Waals surface area contributed by atoms with Crippen LogP contribution in [0.1, 0.15) is 44.7 Å². The molecule has 1 aromatic carbocycles. The van der Waals surface area contributed by atoms with Crippen LogP contribution in [-0.2, 0) is 9.53 Å². The van der Waals surface area contributed by atoms with Gasteiger partial charge in [-0.15, -0.1) is 0 Å². The Labute approximate surface area is 163 Å². The van der Waals surface area contributed by atoms with Crippen LogP contribution in [0, 0.1) is 0 Å². The zero-order chi connectivity index (χ0) is 18.6. The average Bonchev–Trinajstić information content (AvgIpc) is 2.56. The number of rotatable bonds is 6. The van der Waals surface area contributed by atoms with Crippen molar-refractivity contribution in [3.05, 3.63) is 37.9 Å². The van der Waals surface area contributed by atoms with Crippen molar-refractivity contribution in [1.29, 1.82) is 0 Å². The fourth-order valence-electron chi connectivity index (χ4n) is 2.62. The number of nitrogens with one attached hydrogen (secondary N) is 2. The fraction of sp³-hybridized carbons (Fsp3) is 0.412. The number of unbranched alkanes of at least 4 members (excludes halogenated alkanes) is 1. The van der Waals surface area contributed by atoms with E-state index < -0.39 is 12.0 Å². The normalized spacial score (nSPS) is 17.1. The van der Waals surface area contributed by atoms with E-state index in [9.17, 15) is 14.7 Å². The Balaban J connectivity index is 2.55. The molecule has 0 spiro atoms. The lowest BCUT2D eigenvalue weighted by Crippen LogP contribution is -2.46. The number of benzene rings is 1. The van der Waals surface area contributed by atoms with Crippen molar-refractivity contribution >= 4 is 43.9 Å². The molecule has 1 heterocycles. The van der Waals surface area contributed by atoms with Crippen LogP contribution in [0.4, 0.5) is 4.79 Å².